The highest BCUT2D eigenvalue weighted by atomic mass is 32.1. The van der Waals surface area contributed by atoms with E-state index in [1.807, 2.05) is 25.1 Å². The highest BCUT2D eigenvalue weighted by Crippen LogP contribution is 2.22. The van der Waals surface area contributed by atoms with E-state index in [-0.39, 0.29) is 11.8 Å². The normalized spacial score (nSPS) is 13.0. The second-order valence-electron chi connectivity index (χ2n) is 5.13. The van der Waals surface area contributed by atoms with Gasteiger partial charge in [-0.25, -0.2) is 4.79 Å². The van der Waals surface area contributed by atoms with Crippen LogP contribution in [0.3, 0.4) is 0 Å². The van der Waals surface area contributed by atoms with Gasteiger partial charge in [0.25, 0.3) is 0 Å². The molecule has 0 amide bonds. The van der Waals surface area contributed by atoms with Crippen molar-refractivity contribution >= 4 is 35.6 Å². The Morgan fingerprint density at radius 1 is 1.26 bits per heavy atom. The van der Waals surface area contributed by atoms with E-state index in [4.69, 9.17) is 21.7 Å². The summed E-state index contributed by atoms with van der Waals surface area (Å²) < 4.78 is 1.24. The van der Waals surface area contributed by atoms with Crippen LogP contribution < -0.4 is 11.5 Å². The first-order valence-electron chi connectivity index (χ1n) is 6.95. The molecule has 1 aromatic carbocycles. The van der Waals surface area contributed by atoms with Gasteiger partial charge in [-0.3, -0.25) is 9.36 Å². The van der Waals surface area contributed by atoms with E-state index >= 15 is 0 Å². The molecule has 0 saturated heterocycles. The molecule has 1 heterocycles. The first-order valence-corrected chi connectivity index (χ1v) is 7.58. The van der Waals surface area contributed by atoms with Crippen LogP contribution in [0.5, 0.6) is 0 Å². The van der Waals surface area contributed by atoms with Crippen LogP contribution in [0.1, 0.15) is 12.5 Å². The van der Waals surface area contributed by atoms with Gasteiger partial charge in [0.15, 0.2) is 0 Å². The first kappa shape index (κ1) is 19.0. The number of nitrogens with two attached hydrogens (primary N) is 2. The Hall–Kier alpha value is -2.03. The summed E-state index contributed by atoms with van der Waals surface area (Å²) in [7, 11) is 0. The van der Waals surface area contributed by atoms with Crippen molar-refractivity contribution in [1.82, 2.24) is 4.57 Å². The molecule has 0 fully saturated rings. The quantitative estimate of drug-likeness (QED) is 0.535. The number of rotatable bonds is 4. The standard InChI is InChI=1S/C12H14N2O2.C3H7NO2S/c1-8(13)6-9-7-14(12(15)16)11-5-3-2-4-10(9)11;4-2(1-7)3(5)6/h2-5,7-8H,6,13H2,1H3,(H,15,16);2,7H,1,4H2,(H,5,6)/t8-;2-/m10/s1. The summed E-state index contributed by atoms with van der Waals surface area (Å²) in [5.74, 6) is -0.815. The predicted molar refractivity (Wildman–Crippen MR) is 92.2 cm³/mol. The highest BCUT2D eigenvalue weighted by Gasteiger charge is 2.12. The molecule has 0 unspecified atom stereocenters. The number of fused-ring (bicyclic) bond motifs is 1. The van der Waals surface area contributed by atoms with Crippen LogP contribution in [-0.2, 0) is 11.2 Å². The number of aliphatic carboxylic acids is 1. The maximum absolute atomic E-state index is 11.0. The highest BCUT2D eigenvalue weighted by molar-refractivity contribution is 7.80. The van der Waals surface area contributed by atoms with E-state index in [0.717, 1.165) is 10.9 Å². The van der Waals surface area contributed by atoms with Crippen molar-refractivity contribution < 1.29 is 19.8 Å². The molecule has 0 saturated carbocycles. The molecule has 0 radical (unpaired) electrons. The zero-order valence-electron chi connectivity index (χ0n) is 12.7. The van der Waals surface area contributed by atoms with Gasteiger partial charge >= 0.3 is 12.1 Å². The van der Waals surface area contributed by atoms with E-state index in [0.29, 0.717) is 11.9 Å². The number of aromatic nitrogens is 1. The van der Waals surface area contributed by atoms with Gasteiger partial charge in [-0.15, -0.1) is 0 Å². The van der Waals surface area contributed by atoms with Crippen LogP contribution in [0, 0.1) is 0 Å². The summed E-state index contributed by atoms with van der Waals surface area (Å²) in [4.78, 5) is 20.8. The fourth-order valence-electron chi connectivity index (χ4n) is 2.00. The third-order valence-electron chi connectivity index (χ3n) is 3.06. The molecule has 126 valence electrons. The Balaban J connectivity index is 0.000000322. The SMILES string of the molecule is C[C@@H](N)Cc1cn(C(=O)O)c2ccccc12.N[C@@H](CS)C(=O)O. The van der Waals surface area contributed by atoms with E-state index in [1.165, 1.54) is 4.57 Å². The van der Waals surface area contributed by atoms with Crippen LogP contribution in [-0.4, -0.2) is 44.7 Å². The van der Waals surface area contributed by atoms with Gasteiger partial charge in [0.1, 0.15) is 6.04 Å². The summed E-state index contributed by atoms with van der Waals surface area (Å²) in [5, 5.41) is 18.0. The summed E-state index contributed by atoms with van der Waals surface area (Å²) >= 11 is 3.65. The maximum atomic E-state index is 11.0. The summed E-state index contributed by atoms with van der Waals surface area (Å²) in [6.07, 6.45) is 1.36. The number of carbonyl (C=O) groups is 2. The van der Waals surface area contributed by atoms with Crippen molar-refractivity contribution in [1.29, 1.82) is 0 Å². The molecule has 0 aliphatic carbocycles. The minimum Gasteiger partial charge on any atom is -0.480 e. The lowest BCUT2D eigenvalue weighted by atomic mass is 10.1. The zero-order chi connectivity index (χ0) is 17.6. The van der Waals surface area contributed by atoms with E-state index < -0.39 is 18.1 Å². The van der Waals surface area contributed by atoms with E-state index in [1.54, 1.807) is 12.3 Å². The fraction of sp³-hybridized carbons (Fsp3) is 0.333. The van der Waals surface area contributed by atoms with Crippen molar-refractivity contribution in [3.63, 3.8) is 0 Å². The average Bonchev–Trinajstić information content (AvgIpc) is 2.85. The van der Waals surface area contributed by atoms with Crippen LogP contribution in [0.25, 0.3) is 10.9 Å². The van der Waals surface area contributed by atoms with Crippen molar-refractivity contribution in [2.24, 2.45) is 11.5 Å². The largest absolute Gasteiger partial charge is 0.480 e. The van der Waals surface area contributed by atoms with Gasteiger partial charge in [-0.2, -0.15) is 12.6 Å². The van der Waals surface area contributed by atoms with Crippen LogP contribution >= 0.6 is 12.6 Å². The third kappa shape index (κ3) is 5.27. The molecule has 0 aliphatic heterocycles. The monoisotopic (exact) mass is 339 g/mol. The zero-order valence-corrected chi connectivity index (χ0v) is 13.6. The molecule has 2 aromatic rings. The predicted octanol–water partition coefficient (Wildman–Crippen LogP) is 1.39. The number of benzene rings is 1. The number of carboxylic acid groups (broad SMARTS) is 2. The van der Waals surface area contributed by atoms with Gasteiger partial charge in [0.05, 0.1) is 5.52 Å². The maximum Gasteiger partial charge on any atom is 0.416 e. The van der Waals surface area contributed by atoms with Gasteiger partial charge in [-0.05, 0) is 25.0 Å². The summed E-state index contributed by atoms with van der Waals surface area (Å²) in [5.41, 5.74) is 12.4. The smallest absolute Gasteiger partial charge is 0.416 e. The molecular weight excluding hydrogens is 318 g/mol. The van der Waals surface area contributed by atoms with Crippen molar-refractivity contribution in [2.45, 2.75) is 25.4 Å². The molecule has 23 heavy (non-hydrogen) atoms. The summed E-state index contributed by atoms with van der Waals surface area (Å²) in [6.45, 7) is 1.91. The Morgan fingerprint density at radius 3 is 2.30 bits per heavy atom. The molecule has 7 nitrogen and oxygen atoms in total. The van der Waals surface area contributed by atoms with Crippen LogP contribution in [0.15, 0.2) is 30.5 Å². The molecule has 2 atom stereocenters. The van der Waals surface area contributed by atoms with Crippen molar-refractivity contribution in [3.8, 4) is 0 Å². The Kier molecular flexibility index (Phi) is 7.08. The Morgan fingerprint density at radius 2 is 1.87 bits per heavy atom. The lowest BCUT2D eigenvalue weighted by Crippen LogP contribution is -2.31. The second-order valence-corrected chi connectivity index (χ2v) is 5.50. The topological polar surface area (TPSA) is 132 Å². The average molecular weight is 339 g/mol. The van der Waals surface area contributed by atoms with Crippen molar-refractivity contribution in [2.75, 3.05) is 5.75 Å². The molecular formula is C15H21N3O4S. The lowest BCUT2D eigenvalue weighted by molar-refractivity contribution is -0.137. The van der Waals surface area contributed by atoms with Gasteiger partial charge in [0.2, 0.25) is 0 Å². The number of thiol groups is 1. The molecule has 1 aromatic heterocycles. The van der Waals surface area contributed by atoms with Gasteiger partial charge in [-0.1, -0.05) is 18.2 Å². The summed E-state index contributed by atoms with van der Waals surface area (Å²) in [6, 6.07) is 6.66. The molecule has 6 N–H and O–H groups in total. The van der Waals surface area contributed by atoms with Crippen LogP contribution in [0.4, 0.5) is 4.79 Å². The number of nitrogens with zero attached hydrogens (tertiary/aromatic N) is 1. The Labute approximate surface area is 139 Å². The molecule has 8 heteroatoms. The van der Waals surface area contributed by atoms with Gasteiger partial charge < -0.3 is 21.7 Å². The number of para-hydroxylation sites is 1. The molecule has 0 aliphatic rings. The van der Waals surface area contributed by atoms with Gasteiger partial charge in [0, 0.05) is 23.4 Å². The molecule has 0 bridgehead atoms. The Bertz CT molecular complexity index is 684. The van der Waals surface area contributed by atoms with Crippen LogP contribution in [0.2, 0.25) is 0 Å². The van der Waals surface area contributed by atoms with E-state index in [9.17, 15) is 9.59 Å². The molecule has 0 spiro atoms. The minimum absolute atomic E-state index is 0.0213. The number of carboxylic acids is 1. The molecule has 2 rings (SSSR count). The number of hydrogen-bond donors (Lipinski definition) is 5. The lowest BCUT2D eigenvalue weighted by Gasteiger charge is -2.02. The van der Waals surface area contributed by atoms with Crippen molar-refractivity contribution in [3.05, 3.63) is 36.0 Å². The third-order valence-corrected chi connectivity index (χ3v) is 3.45. The second kappa shape index (κ2) is 8.56. The number of hydrogen-bond acceptors (Lipinski definition) is 5. The minimum atomic E-state index is -1.00. The fourth-order valence-corrected chi connectivity index (χ4v) is 2.15. The van der Waals surface area contributed by atoms with E-state index in [2.05, 4.69) is 12.6 Å². The first-order chi connectivity index (χ1) is 10.8.